The topological polar surface area (TPSA) is 24.9 Å². The summed E-state index contributed by atoms with van der Waals surface area (Å²) in [6.45, 7) is 2.32. The van der Waals surface area contributed by atoms with Gasteiger partial charge >= 0.3 is 0 Å². The van der Waals surface area contributed by atoms with Crippen molar-refractivity contribution in [2.45, 2.75) is 30.8 Å². The number of halogens is 2. The molecule has 0 N–H and O–H groups in total. The highest BCUT2D eigenvalue weighted by Crippen LogP contribution is 2.45. The molecule has 0 saturated carbocycles. The molecule has 3 heterocycles. The standard InChI is InChI=1S/C29H32Br2N2O2/c1-32(24-12-13-25(34-2)26(18-24)35-3)28-21-14-16-33(17-15-21)29(28)27(19-4-8-22(30)9-5-19)20-6-10-23(31)11-7-20/h4-13,18,21,27-29H,14-17H2,1-3H3. The number of nitrogens with zero attached hydrogens (tertiary/aromatic N) is 2. The molecule has 0 spiro atoms. The van der Waals surface area contributed by atoms with Crippen molar-refractivity contribution in [3.63, 3.8) is 0 Å². The van der Waals surface area contributed by atoms with Crippen molar-refractivity contribution in [2.24, 2.45) is 5.92 Å². The van der Waals surface area contributed by atoms with Gasteiger partial charge in [0.05, 0.1) is 14.2 Å². The van der Waals surface area contributed by atoms with Gasteiger partial charge in [0.2, 0.25) is 0 Å². The molecule has 2 bridgehead atoms. The summed E-state index contributed by atoms with van der Waals surface area (Å²) in [6, 6.07) is 24.9. The number of hydrogen-bond acceptors (Lipinski definition) is 4. The van der Waals surface area contributed by atoms with E-state index in [-0.39, 0.29) is 5.92 Å². The molecule has 4 nitrogen and oxygen atoms in total. The van der Waals surface area contributed by atoms with Crippen LogP contribution in [0.2, 0.25) is 0 Å². The van der Waals surface area contributed by atoms with Crippen LogP contribution in [-0.4, -0.2) is 51.3 Å². The number of methoxy groups -OCH3 is 2. The summed E-state index contributed by atoms with van der Waals surface area (Å²) in [5.41, 5.74) is 3.88. The van der Waals surface area contributed by atoms with Crippen molar-refractivity contribution >= 4 is 37.5 Å². The Morgan fingerprint density at radius 2 is 1.34 bits per heavy atom. The number of benzene rings is 3. The summed E-state index contributed by atoms with van der Waals surface area (Å²) in [5, 5.41) is 0. The van der Waals surface area contributed by atoms with E-state index in [2.05, 4.69) is 109 Å². The Balaban J connectivity index is 1.59. The van der Waals surface area contributed by atoms with Crippen molar-refractivity contribution in [3.05, 3.63) is 86.8 Å². The average molecular weight is 600 g/mol. The van der Waals surface area contributed by atoms with Crippen molar-refractivity contribution < 1.29 is 9.47 Å². The first-order valence-corrected chi connectivity index (χ1v) is 13.8. The Kier molecular flexibility index (Phi) is 7.42. The van der Waals surface area contributed by atoms with Crippen LogP contribution in [0, 0.1) is 5.92 Å². The third-order valence-electron chi connectivity index (χ3n) is 7.85. The molecule has 35 heavy (non-hydrogen) atoms. The zero-order valence-electron chi connectivity index (χ0n) is 20.5. The molecule has 3 saturated heterocycles. The van der Waals surface area contributed by atoms with Crippen LogP contribution in [-0.2, 0) is 0 Å². The Hall–Kier alpha value is -2.02. The molecule has 2 atom stereocenters. The fourth-order valence-electron chi connectivity index (χ4n) is 6.15. The Morgan fingerprint density at radius 1 is 0.800 bits per heavy atom. The highest BCUT2D eigenvalue weighted by Gasteiger charge is 2.48. The zero-order chi connectivity index (χ0) is 24.5. The van der Waals surface area contributed by atoms with Crippen molar-refractivity contribution in [2.75, 3.05) is 39.3 Å². The van der Waals surface area contributed by atoms with Gasteiger partial charge in [0, 0.05) is 45.7 Å². The quantitative estimate of drug-likeness (QED) is 0.293. The fourth-order valence-corrected chi connectivity index (χ4v) is 6.68. The van der Waals surface area contributed by atoms with Gasteiger partial charge in [0.1, 0.15) is 0 Å². The fraction of sp³-hybridized carbons (Fsp3) is 0.379. The molecule has 3 aliphatic heterocycles. The first kappa shape index (κ1) is 24.7. The summed E-state index contributed by atoms with van der Waals surface area (Å²) < 4.78 is 13.4. The molecule has 3 aromatic carbocycles. The maximum absolute atomic E-state index is 5.64. The van der Waals surface area contributed by atoms with Crippen LogP contribution in [0.25, 0.3) is 0 Å². The van der Waals surface area contributed by atoms with Gasteiger partial charge in [0.15, 0.2) is 11.5 Å². The minimum atomic E-state index is 0.270. The molecule has 6 rings (SSSR count). The smallest absolute Gasteiger partial charge is 0.162 e. The monoisotopic (exact) mass is 598 g/mol. The second kappa shape index (κ2) is 10.5. The number of hydrogen-bond donors (Lipinski definition) is 0. The van der Waals surface area contributed by atoms with Crippen molar-refractivity contribution in [1.29, 1.82) is 0 Å². The maximum atomic E-state index is 5.64. The summed E-state index contributed by atoms with van der Waals surface area (Å²) in [5.74, 6) is 2.45. The van der Waals surface area contributed by atoms with E-state index in [1.165, 1.54) is 24.0 Å². The molecule has 0 aromatic heterocycles. The number of fused-ring (bicyclic) bond motifs is 3. The number of anilines is 1. The molecule has 0 aliphatic carbocycles. The first-order valence-electron chi connectivity index (χ1n) is 12.2. The Morgan fingerprint density at radius 3 is 1.86 bits per heavy atom. The van der Waals surface area contributed by atoms with E-state index in [0.717, 1.165) is 39.2 Å². The van der Waals surface area contributed by atoms with Crippen molar-refractivity contribution in [3.8, 4) is 11.5 Å². The lowest BCUT2D eigenvalue weighted by atomic mass is 9.70. The van der Waals surface area contributed by atoms with Gasteiger partial charge in [-0.3, -0.25) is 4.90 Å². The van der Waals surface area contributed by atoms with Crippen LogP contribution in [0.15, 0.2) is 75.7 Å². The molecule has 0 amide bonds. The largest absolute Gasteiger partial charge is 0.493 e. The third kappa shape index (κ3) is 4.85. The predicted octanol–water partition coefficient (Wildman–Crippen LogP) is 6.96. The normalized spacial score (nSPS) is 23.4. The van der Waals surface area contributed by atoms with E-state index in [1.54, 1.807) is 14.2 Å². The molecule has 2 unspecified atom stereocenters. The van der Waals surface area contributed by atoms with E-state index in [4.69, 9.17) is 9.47 Å². The third-order valence-corrected chi connectivity index (χ3v) is 8.91. The number of rotatable bonds is 7. The van der Waals surface area contributed by atoms with E-state index < -0.39 is 0 Å². The molecule has 3 aliphatic rings. The van der Waals surface area contributed by atoms with E-state index in [9.17, 15) is 0 Å². The van der Waals surface area contributed by atoms with Crippen LogP contribution >= 0.6 is 31.9 Å². The summed E-state index contributed by atoms with van der Waals surface area (Å²) >= 11 is 7.27. The van der Waals surface area contributed by atoms with Gasteiger partial charge in [0.25, 0.3) is 0 Å². The van der Waals surface area contributed by atoms with Crippen LogP contribution in [0.4, 0.5) is 5.69 Å². The van der Waals surface area contributed by atoms with Gasteiger partial charge in [-0.15, -0.1) is 0 Å². The summed E-state index contributed by atoms with van der Waals surface area (Å²) in [4.78, 5) is 5.23. The molecule has 3 fully saturated rings. The van der Waals surface area contributed by atoms with Gasteiger partial charge < -0.3 is 14.4 Å². The molecule has 184 valence electrons. The Bertz CT molecular complexity index is 1100. The number of likely N-dealkylation sites (N-methyl/N-ethyl adjacent to an activating group) is 1. The van der Waals surface area contributed by atoms with Gasteiger partial charge in [-0.05, 0) is 79.4 Å². The zero-order valence-corrected chi connectivity index (χ0v) is 23.6. The summed E-state index contributed by atoms with van der Waals surface area (Å²) in [6.07, 6.45) is 2.48. The molecule has 3 aromatic rings. The molecule has 0 radical (unpaired) electrons. The van der Waals surface area contributed by atoms with Gasteiger partial charge in [-0.1, -0.05) is 56.1 Å². The first-order chi connectivity index (χ1) is 17.0. The summed E-state index contributed by atoms with van der Waals surface area (Å²) in [7, 11) is 5.64. The lowest BCUT2D eigenvalue weighted by molar-refractivity contribution is 0.0186. The Labute approximate surface area is 225 Å². The van der Waals surface area contributed by atoms with E-state index >= 15 is 0 Å². The van der Waals surface area contributed by atoms with Gasteiger partial charge in [-0.25, -0.2) is 0 Å². The van der Waals surface area contributed by atoms with Crippen molar-refractivity contribution in [1.82, 2.24) is 4.90 Å². The predicted molar refractivity (Wildman–Crippen MR) is 150 cm³/mol. The number of piperidine rings is 3. The highest BCUT2D eigenvalue weighted by atomic mass is 79.9. The molecule has 6 heteroatoms. The van der Waals surface area contributed by atoms with Crippen LogP contribution in [0.3, 0.4) is 0 Å². The minimum Gasteiger partial charge on any atom is -0.493 e. The number of ether oxygens (including phenoxy) is 2. The highest BCUT2D eigenvalue weighted by molar-refractivity contribution is 9.10. The van der Waals surface area contributed by atoms with Crippen LogP contribution in [0.5, 0.6) is 11.5 Å². The molecular formula is C29H32Br2N2O2. The van der Waals surface area contributed by atoms with Crippen LogP contribution in [0.1, 0.15) is 29.9 Å². The minimum absolute atomic E-state index is 0.270. The SMILES string of the molecule is COc1ccc(N(C)C2C3CCN(CC3)C2C(c2ccc(Br)cc2)c2ccc(Br)cc2)cc1OC. The average Bonchev–Trinajstić information content (AvgIpc) is 2.90. The maximum Gasteiger partial charge on any atom is 0.162 e. The second-order valence-electron chi connectivity index (χ2n) is 9.59. The lowest BCUT2D eigenvalue weighted by Gasteiger charge is -2.56. The van der Waals surface area contributed by atoms with E-state index in [1.807, 2.05) is 6.07 Å². The van der Waals surface area contributed by atoms with Crippen LogP contribution < -0.4 is 14.4 Å². The van der Waals surface area contributed by atoms with E-state index in [0.29, 0.717) is 18.0 Å². The second-order valence-corrected chi connectivity index (χ2v) is 11.4. The van der Waals surface area contributed by atoms with Gasteiger partial charge in [-0.2, -0.15) is 0 Å². The lowest BCUT2D eigenvalue weighted by Crippen LogP contribution is -2.65. The molecular weight excluding hydrogens is 568 g/mol.